The Morgan fingerprint density at radius 3 is 2.57 bits per heavy atom. The van der Waals surface area contributed by atoms with E-state index in [9.17, 15) is 19.7 Å². The summed E-state index contributed by atoms with van der Waals surface area (Å²) in [6.45, 7) is 4.16. The van der Waals surface area contributed by atoms with Crippen LogP contribution in [0.15, 0.2) is 52.0 Å². The first-order chi connectivity index (χ1) is 16.7. The topological polar surface area (TPSA) is 127 Å². The molecule has 0 spiro atoms. The summed E-state index contributed by atoms with van der Waals surface area (Å²) >= 11 is 5.82. The van der Waals surface area contributed by atoms with Crippen molar-refractivity contribution >= 4 is 34.8 Å². The first kappa shape index (κ1) is 24.2. The summed E-state index contributed by atoms with van der Waals surface area (Å²) in [4.78, 5) is 35.8. The van der Waals surface area contributed by atoms with Gasteiger partial charge in [0.2, 0.25) is 0 Å². The number of hydrogen-bond acceptors (Lipinski definition) is 6. The number of amides is 2. The number of carbonyl (C=O) groups excluding carboxylic acids is 2. The van der Waals surface area contributed by atoms with Gasteiger partial charge in [0.1, 0.15) is 10.8 Å². The number of hydrazone groups is 1. The third kappa shape index (κ3) is 5.25. The molecule has 2 amide bonds. The Balaban J connectivity index is 1.51. The average molecular weight is 495 g/mol. The van der Waals surface area contributed by atoms with Gasteiger partial charge in [-0.05, 0) is 44.4 Å². The molecule has 0 unspecified atom stereocenters. The molecule has 0 aliphatic heterocycles. The van der Waals surface area contributed by atoms with E-state index in [-0.39, 0.29) is 27.9 Å². The van der Waals surface area contributed by atoms with Crippen LogP contribution in [0.3, 0.4) is 0 Å². The van der Waals surface area contributed by atoms with Crippen molar-refractivity contribution in [2.24, 2.45) is 5.10 Å². The van der Waals surface area contributed by atoms with Gasteiger partial charge in [0.05, 0.1) is 10.6 Å². The lowest BCUT2D eigenvalue weighted by Gasteiger charge is -2.13. The molecule has 35 heavy (non-hydrogen) atoms. The Morgan fingerprint density at radius 2 is 1.86 bits per heavy atom. The Bertz CT molecular complexity index is 1340. The lowest BCUT2D eigenvalue weighted by molar-refractivity contribution is -0.384. The monoisotopic (exact) mass is 494 g/mol. The van der Waals surface area contributed by atoms with Crippen molar-refractivity contribution in [3.63, 3.8) is 0 Å². The van der Waals surface area contributed by atoms with Gasteiger partial charge in [-0.15, -0.1) is 0 Å². The summed E-state index contributed by atoms with van der Waals surface area (Å²) in [5.41, 5.74) is 6.21. The average Bonchev–Trinajstić information content (AvgIpc) is 3.19. The molecule has 0 bridgehead atoms. The van der Waals surface area contributed by atoms with Crippen LogP contribution in [0, 0.1) is 24.0 Å². The Hall–Kier alpha value is -3.98. The van der Waals surface area contributed by atoms with Gasteiger partial charge in [-0.3, -0.25) is 19.7 Å². The van der Waals surface area contributed by atoms with Gasteiger partial charge in [-0.25, -0.2) is 5.43 Å². The highest BCUT2D eigenvalue weighted by Crippen LogP contribution is 2.30. The maximum atomic E-state index is 12.8. The summed E-state index contributed by atoms with van der Waals surface area (Å²) < 4.78 is 5.89. The summed E-state index contributed by atoms with van der Waals surface area (Å²) in [5.74, 6) is -0.0725. The van der Waals surface area contributed by atoms with Crippen molar-refractivity contribution in [3.8, 4) is 0 Å². The van der Waals surface area contributed by atoms with Gasteiger partial charge in [-0.2, -0.15) is 5.10 Å². The zero-order chi connectivity index (χ0) is 25.1. The number of halogens is 1. The Labute approximate surface area is 206 Å². The molecule has 9 nitrogen and oxygen atoms in total. The molecule has 180 valence electrons. The highest BCUT2D eigenvalue weighted by Gasteiger charge is 2.28. The third-order valence-corrected chi connectivity index (χ3v) is 6.12. The van der Waals surface area contributed by atoms with E-state index in [4.69, 9.17) is 16.0 Å². The zero-order valence-electron chi connectivity index (χ0n) is 19.2. The van der Waals surface area contributed by atoms with E-state index >= 15 is 0 Å². The number of nitro groups is 1. The molecule has 2 N–H and O–H groups in total. The molecule has 0 saturated heterocycles. The van der Waals surface area contributed by atoms with E-state index < -0.39 is 10.8 Å². The minimum atomic E-state index is -0.654. The molecule has 0 saturated carbocycles. The van der Waals surface area contributed by atoms with Crippen LogP contribution < -0.4 is 10.7 Å². The van der Waals surface area contributed by atoms with Crippen LogP contribution in [0.25, 0.3) is 0 Å². The molecule has 0 radical (unpaired) electrons. The quantitative estimate of drug-likeness (QED) is 0.373. The normalized spacial score (nSPS) is 13.9. The maximum Gasteiger partial charge on any atom is 0.288 e. The fraction of sp³-hybridized carbons (Fsp3) is 0.240. The van der Waals surface area contributed by atoms with E-state index in [2.05, 4.69) is 15.8 Å². The largest absolute Gasteiger partial charge is 0.455 e. The molecule has 4 rings (SSSR count). The predicted octanol–water partition coefficient (Wildman–Crippen LogP) is 4.86. The molecule has 0 atom stereocenters. The molecule has 1 heterocycles. The van der Waals surface area contributed by atoms with Crippen LogP contribution in [0.2, 0.25) is 5.02 Å². The lowest BCUT2D eigenvalue weighted by atomic mass is 9.93. The predicted molar refractivity (Wildman–Crippen MR) is 131 cm³/mol. The molecule has 1 aliphatic carbocycles. The van der Waals surface area contributed by atoms with Crippen molar-refractivity contribution in [1.82, 2.24) is 10.7 Å². The van der Waals surface area contributed by atoms with E-state index in [1.165, 1.54) is 12.1 Å². The number of hydrogen-bond donors (Lipinski definition) is 2. The summed E-state index contributed by atoms with van der Waals surface area (Å²) in [7, 11) is 0. The number of nitrogens with one attached hydrogen (secondary N) is 2. The van der Waals surface area contributed by atoms with Crippen LogP contribution >= 0.6 is 11.6 Å². The van der Waals surface area contributed by atoms with E-state index in [1.807, 2.05) is 31.2 Å². The molecule has 3 aromatic rings. The Morgan fingerprint density at radius 1 is 1.11 bits per heavy atom. The Kier molecular flexibility index (Phi) is 6.97. The van der Waals surface area contributed by atoms with Crippen molar-refractivity contribution in [2.45, 2.75) is 39.7 Å². The number of nitro benzene ring substituents is 1. The molecular weight excluding hydrogens is 472 g/mol. The fourth-order valence-corrected chi connectivity index (χ4v) is 4.13. The van der Waals surface area contributed by atoms with Crippen molar-refractivity contribution < 1.29 is 18.9 Å². The molecule has 2 aromatic carbocycles. The highest BCUT2D eigenvalue weighted by molar-refractivity contribution is 6.32. The minimum absolute atomic E-state index is 0.0570. The number of aryl methyl sites for hydroxylation is 2. The molecule has 1 aromatic heterocycles. The first-order valence-corrected chi connectivity index (χ1v) is 11.4. The first-order valence-electron chi connectivity index (χ1n) is 11.0. The van der Waals surface area contributed by atoms with Crippen molar-refractivity contribution in [2.75, 3.05) is 0 Å². The second-order valence-corrected chi connectivity index (χ2v) is 8.71. The van der Waals surface area contributed by atoms with Gasteiger partial charge in [0.25, 0.3) is 17.5 Å². The number of rotatable bonds is 6. The van der Waals surface area contributed by atoms with Gasteiger partial charge in [0.15, 0.2) is 5.76 Å². The number of benzene rings is 2. The van der Waals surface area contributed by atoms with Crippen molar-refractivity contribution in [1.29, 1.82) is 0 Å². The van der Waals surface area contributed by atoms with Crippen molar-refractivity contribution in [3.05, 3.63) is 96.9 Å². The van der Waals surface area contributed by atoms with E-state index in [1.54, 1.807) is 6.92 Å². The lowest BCUT2D eigenvalue weighted by Crippen LogP contribution is -2.23. The fourth-order valence-electron chi connectivity index (χ4n) is 3.94. The summed E-state index contributed by atoms with van der Waals surface area (Å²) in [6.07, 6.45) is 1.97. The standard InChI is InChI=1S/C25H23ClN4O5/c1-14-6-8-16(9-7-14)13-27-25(32)23-15(2)22-19(4-3-5-21(22)35-23)28-29-24(31)17-10-11-18(26)20(12-17)30(33)34/h6-12H,3-5,13H2,1-2H3,(H,27,32)(H,29,31)/b28-19+. The third-order valence-electron chi connectivity index (χ3n) is 5.80. The highest BCUT2D eigenvalue weighted by atomic mass is 35.5. The van der Waals surface area contributed by atoms with Gasteiger partial charge in [-0.1, -0.05) is 41.4 Å². The van der Waals surface area contributed by atoms with Gasteiger partial charge >= 0.3 is 0 Å². The van der Waals surface area contributed by atoms with Crippen LogP contribution in [0.1, 0.15) is 61.8 Å². The molecule has 10 heteroatoms. The maximum absolute atomic E-state index is 12.8. The summed E-state index contributed by atoms with van der Waals surface area (Å²) in [5, 5.41) is 18.2. The van der Waals surface area contributed by atoms with Crippen LogP contribution in [-0.2, 0) is 13.0 Å². The van der Waals surface area contributed by atoms with Gasteiger partial charge in [0, 0.05) is 35.7 Å². The number of nitrogens with zero attached hydrogens (tertiary/aromatic N) is 2. The zero-order valence-corrected chi connectivity index (χ0v) is 19.9. The van der Waals surface area contributed by atoms with Crippen LogP contribution in [0.4, 0.5) is 5.69 Å². The second kappa shape index (κ2) is 10.1. The number of carbonyl (C=O) groups is 2. The molecule has 0 fully saturated rings. The second-order valence-electron chi connectivity index (χ2n) is 8.30. The smallest absolute Gasteiger partial charge is 0.288 e. The molecular formula is C25H23ClN4O5. The van der Waals surface area contributed by atoms with Crippen LogP contribution in [-0.4, -0.2) is 22.4 Å². The number of furan rings is 1. The van der Waals surface area contributed by atoms with E-state index in [0.29, 0.717) is 42.0 Å². The van der Waals surface area contributed by atoms with Crippen LogP contribution in [0.5, 0.6) is 0 Å². The molecule has 1 aliphatic rings. The minimum Gasteiger partial charge on any atom is -0.455 e. The van der Waals surface area contributed by atoms with E-state index in [0.717, 1.165) is 23.6 Å². The van der Waals surface area contributed by atoms with Gasteiger partial charge < -0.3 is 9.73 Å². The number of fused-ring (bicyclic) bond motifs is 1. The SMILES string of the molecule is Cc1ccc(CNC(=O)c2oc3c(c2C)/C(=N/NC(=O)c2ccc(Cl)c([N+](=O)[O-])c2)CCC3)cc1. The summed E-state index contributed by atoms with van der Waals surface area (Å²) in [6, 6.07) is 11.7.